The molecule has 0 unspecified atom stereocenters. The molecule has 2 heterocycles. The van der Waals surface area contributed by atoms with E-state index >= 15 is 0 Å². The molecule has 0 radical (unpaired) electrons. The highest BCUT2D eigenvalue weighted by molar-refractivity contribution is 5.91. The third-order valence-corrected chi connectivity index (χ3v) is 4.80. The summed E-state index contributed by atoms with van der Waals surface area (Å²) in [5.41, 5.74) is -0.722. The van der Waals surface area contributed by atoms with Gasteiger partial charge in [-0.2, -0.15) is 0 Å². The Labute approximate surface area is 160 Å². The Bertz CT molecular complexity index is 621. The number of nitrogens with one attached hydrogen (secondary N) is 1. The minimum Gasteiger partial charge on any atom is -0.467 e. The Morgan fingerprint density at radius 1 is 1.19 bits per heavy atom. The van der Waals surface area contributed by atoms with Crippen LogP contribution in [0.3, 0.4) is 0 Å². The molecule has 3 atom stereocenters. The zero-order chi connectivity index (χ0) is 20.4. The van der Waals surface area contributed by atoms with Gasteiger partial charge in [0.05, 0.1) is 13.7 Å². The molecule has 0 aromatic heterocycles. The molecule has 0 aromatic rings. The summed E-state index contributed by atoms with van der Waals surface area (Å²) in [6.45, 7) is 7.07. The SMILES string of the molecule is COC(=O)[C@@H]1CC[C@@H]2CCN(C(C)=O)C[C@H](NC(=O)OC(C)(C)C)C(=O)N21.[HH]. The molecular weight excluding hydrogens is 354 g/mol. The van der Waals surface area contributed by atoms with Crippen molar-refractivity contribution in [3.63, 3.8) is 0 Å². The first-order chi connectivity index (χ1) is 12.5. The van der Waals surface area contributed by atoms with Crippen molar-refractivity contribution in [2.45, 2.75) is 70.7 Å². The van der Waals surface area contributed by atoms with Crippen LogP contribution in [0, 0.1) is 0 Å². The van der Waals surface area contributed by atoms with Gasteiger partial charge in [0.2, 0.25) is 11.8 Å². The lowest BCUT2D eigenvalue weighted by atomic mass is 10.1. The van der Waals surface area contributed by atoms with Crippen LogP contribution < -0.4 is 5.32 Å². The van der Waals surface area contributed by atoms with E-state index in [2.05, 4.69) is 5.32 Å². The molecule has 9 nitrogen and oxygen atoms in total. The van der Waals surface area contributed by atoms with E-state index in [0.29, 0.717) is 25.8 Å². The predicted molar refractivity (Wildman–Crippen MR) is 97.8 cm³/mol. The normalized spacial score (nSPS) is 26.0. The smallest absolute Gasteiger partial charge is 0.408 e. The summed E-state index contributed by atoms with van der Waals surface area (Å²) in [5, 5.41) is 2.57. The minimum atomic E-state index is -0.989. The van der Waals surface area contributed by atoms with E-state index in [-0.39, 0.29) is 19.9 Å². The second-order valence-corrected chi connectivity index (χ2v) is 7.97. The maximum atomic E-state index is 13.2. The number of fused-ring (bicyclic) bond motifs is 1. The number of carbonyl (C=O) groups is 4. The molecule has 3 amide bonds. The van der Waals surface area contributed by atoms with Crippen molar-refractivity contribution < 1.29 is 30.1 Å². The molecule has 2 aliphatic heterocycles. The van der Waals surface area contributed by atoms with Gasteiger partial charge in [0.1, 0.15) is 17.7 Å². The molecule has 0 aromatic carbocycles. The number of methoxy groups -OCH3 is 1. The van der Waals surface area contributed by atoms with Gasteiger partial charge in [0.15, 0.2) is 0 Å². The van der Waals surface area contributed by atoms with Crippen molar-refractivity contribution in [1.29, 1.82) is 0 Å². The molecule has 0 spiro atoms. The summed E-state index contributed by atoms with van der Waals surface area (Å²) in [6, 6.07) is -1.83. The van der Waals surface area contributed by atoms with Crippen molar-refractivity contribution in [3.05, 3.63) is 0 Å². The Hall–Kier alpha value is -2.32. The van der Waals surface area contributed by atoms with Crippen molar-refractivity contribution in [1.82, 2.24) is 15.1 Å². The van der Waals surface area contributed by atoms with Crippen LogP contribution in [0.1, 0.15) is 48.4 Å². The first-order valence-electron chi connectivity index (χ1n) is 9.18. The topological polar surface area (TPSA) is 105 Å². The lowest BCUT2D eigenvalue weighted by Crippen LogP contribution is -2.60. The van der Waals surface area contributed by atoms with Crippen LogP contribution in [0.25, 0.3) is 0 Å². The van der Waals surface area contributed by atoms with Crippen LogP contribution in [0.5, 0.6) is 0 Å². The zero-order valence-electron chi connectivity index (χ0n) is 16.6. The van der Waals surface area contributed by atoms with Gasteiger partial charge in [-0.05, 0) is 40.0 Å². The molecule has 9 heteroatoms. The zero-order valence-corrected chi connectivity index (χ0v) is 16.6. The van der Waals surface area contributed by atoms with Gasteiger partial charge in [-0.1, -0.05) is 0 Å². The number of carbonyl (C=O) groups excluding carboxylic acids is 4. The van der Waals surface area contributed by atoms with E-state index in [1.54, 1.807) is 25.7 Å². The first kappa shape index (κ1) is 21.0. The van der Waals surface area contributed by atoms with E-state index in [9.17, 15) is 19.2 Å². The van der Waals surface area contributed by atoms with Gasteiger partial charge < -0.3 is 24.6 Å². The van der Waals surface area contributed by atoms with Crippen molar-refractivity contribution in [2.24, 2.45) is 0 Å². The Morgan fingerprint density at radius 2 is 1.85 bits per heavy atom. The molecule has 0 aliphatic carbocycles. The molecular formula is C18H31N3O6. The lowest BCUT2D eigenvalue weighted by molar-refractivity contribution is -0.154. The quantitative estimate of drug-likeness (QED) is 0.709. The van der Waals surface area contributed by atoms with Gasteiger partial charge in [-0.25, -0.2) is 9.59 Å². The number of esters is 1. The standard InChI is InChI=1S/C18H29N3O6.H2/c1-11(22)20-9-8-12-6-7-14(16(24)26-5)21(12)15(23)13(10-20)19-17(25)27-18(2,3)4;/h12-14H,6-10H2,1-5H3,(H,19,25);1H/t12-,13+,14+;/m1./s1. The summed E-state index contributed by atoms with van der Waals surface area (Å²) >= 11 is 0. The largest absolute Gasteiger partial charge is 0.467 e. The number of ether oxygens (including phenoxy) is 2. The highest BCUT2D eigenvalue weighted by atomic mass is 16.6. The summed E-state index contributed by atoms with van der Waals surface area (Å²) in [7, 11) is 1.29. The Kier molecular flexibility index (Phi) is 6.33. The molecule has 0 saturated carbocycles. The van der Waals surface area contributed by atoms with E-state index in [0.717, 1.165) is 0 Å². The molecule has 2 aliphatic rings. The fourth-order valence-corrected chi connectivity index (χ4v) is 3.59. The second kappa shape index (κ2) is 8.14. The second-order valence-electron chi connectivity index (χ2n) is 7.97. The van der Waals surface area contributed by atoms with Gasteiger partial charge >= 0.3 is 12.1 Å². The molecule has 2 saturated heterocycles. The molecule has 27 heavy (non-hydrogen) atoms. The fraction of sp³-hybridized carbons (Fsp3) is 0.778. The molecule has 0 bridgehead atoms. The van der Waals surface area contributed by atoms with Gasteiger partial charge in [0, 0.05) is 20.9 Å². The highest BCUT2D eigenvalue weighted by Gasteiger charge is 2.45. The number of alkyl carbamates (subject to hydrolysis) is 1. The predicted octanol–water partition coefficient (Wildman–Crippen LogP) is 0.911. The van der Waals surface area contributed by atoms with E-state index in [1.165, 1.54) is 18.9 Å². The van der Waals surface area contributed by atoms with Crippen LogP contribution in [0.4, 0.5) is 4.79 Å². The van der Waals surface area contributed by atoms with Crippen LogP contribution in [-0.4, -0.2) is 77.6 Å². The Balaban J connectivity index is 0.00000392. The number of rotatable bonds is 2. The van der Waals surface area contributed by atoms with Crippen LogP contribution >= 0.6 is 0 Å². The monoisotopic (exact) mass is 385 g/mol. The van der Waals surface area contributed by atoms with E-state index < -0.39 is 35.7 Å². The number of hydrogen-bond donors (Lipinski definition) is 1. The third kappa shape index (κ3) is 5.11. The van der Waals surface area contributed by atoms with E-state index in [4.69, 9.17) is 9.47 Å². The Morgan fingerprint density at radius 3 is 2.41 bits per heavy atom. The summed E-state index contributed by atoms with van der Waals surface area (Å²) in [4.78, 5) is 52.5. The molecule has 2 rings (SSSR count). The van der Waals surface area contributed by atoms with Gasteiger partial charge in [0.25, 0.3) is 0 Å². The van der Waals surface area contributed by atoms with Crippen LogP contribution in [-0.2, 0) is 23.9 Å². The highest BCUT2D eigenvalue weighted by Crippen LogP contribution is 2.30. The van der Waals surface area contributed by atoms with E-state index in [1.807, 2.05) is 0 Å². The first-order valence-corrected chi connectivity index (χ1v) is 9.18. The number of amides is 3. The number of hydrogen-bond acceptors (Lipinski definition) is 6. The maximum Gasteiger partial charge on any atom is 0.408 e. The number of nitrogens with zero attached hydrogens (tertiary/aromatic N) is 2. The fourth-order valence-electron chi connectivity index (χ4n) is 3.59. The maximum absolute atomic E-state index is 13.2. The van der Waals surface area contributed by atoms with Crippen LogP contribution in [0.15, 0.2) is 0 Å². The van der Waals surface area contributed by atoms with Gasteiger partial charge in [-0.15, -0.1) is 0 Å². The average Bonchev–Trinajstić information content (AvgIpc) is 2.96. The summed E-state index contributed by atoms with van der Waals surface area (Å²) in [6.07, 6.45) is 0.992. The van der Waals surface area contributed by atoms with Crippen molar-refractivity contribution in [2.75, 3.05) is 20.2 Å². The average molecular weight is 385 g/mol. The van der Waals surface area contributed by atoms with Crippen molar-refractivity contribution in [3.8, 4) is 0 Å². The van der Waals surface area contributed by atoms with Crippen molar-refractivity contribution >= 4 is 23.9 Å². The molecule has 154 valence electrons. The summed E-state index contributed by atoms with van der Waals surface area (Å²) in [5.74, 6) is -1.04. The summed E-state index contributed by atoms with van der Waals surface area (Å²) < 4.78 is 10.1. The van der Waals surface area contributed by atoms with Gasteiger partial charge in [-0.3, -0.25) is 9.59 Å². The lowest BCUT2D eigenvalue weighted by Gasteiger charge is -2.38. The minimum absolute atomic E-state index is 0. The molecule has 2 fully saturated rings. The molecule has 1 N–H and O–H groups in total. The van der Waals surface area contributed by atoms with Crippen LogP contribution in [0.2, 0.25) is 0 Å². The third-order valence-electron chi connectivity index (χ3n) is 4.80.